The second kappa shape index (κ2) is 12.0. The number of halogens is 3. The molecule has 4 heterocycles. The molecule has 1 atom stereocenters. The van der Waals surface area contributed by atoms with Crippen molar-refractivity contribution < 1.29 is 17.7 Å². The van der Waals surface area contributed by atoms with Crippen molar-refractivity contribution in [3.63, 3.8) is 0 Å². The summed E-state index contributed by atoms with van der Waals surface area (Å²) >= 11 is 0. The average Bonchev–Trinajstić information content (AvgIpc) is 3.69. The minimum Gasteiger partial charge on any atom is -0.365 e. The molecule has 6 rings (SSSR count). The van der Waals surface area contributed by atoms with Gasteiger partial charge in [0.05, 0.1) is 12.1 Å². The van der Waals surface area contributed by atoms with Crippen molar-refractivity contribution in [3.8, 4) is 11.6 Å². The van der Waals surface area contributed by atoms with E-state index < -0.39 is 17.5 Å². The second-order valence-electron chi connectivity index (χ2n) is 11.5. The molecule has 43 heavy (non-hydrogen) atoms. The molecule has 0 radical (unpaired) electrons. The predicted molar refractivity (Wildman–Crippen MR) is 156 cm³/mol. The first-order chi connectivity index (χ1) is 20.7. The summed E-state index contributed by atoms with van der Waals surface area (Å²) in [6, 6.07) is 5.31. The molecule has 0 bridgehead atoms. The van der Waals surface area contributed by atoms with E-state index in [-0.39, 0.29) is 24.2 Å². The van der Waals surface area contributed by atoms with Gasteiger partial charge in [0.1, 0.15) is 5.52 Å². The lowest BCUT2D eigenvalue weighted by atomic mass is 9.80. The molecule has 230 valence electrons. The van der Waals surface area contributed by atoms with Gasteiger partial charge in [-0.1, -0.05) is 23.7 Å². The van der Waals surface area contributed by atoms with Crippen LogP contribution in [0.3, 0.4) is 0 Å². The summed E-state index contributed by atoms with van der Waals surface area (Å²) < 4.78 is 46.6. The summed E-state index contributed by atoms with van der Waals surface area (Å²) in [4.78, 5) is 33.2. The molecule has 14 heteroatoms. The van der Waals surface area contributed by atoms with Gasteiger partial charge in [0.2, 0.25) is 17.6 Å². The zero-order valence-electron chi connectivity index (χ0n) is 24.3. The number of aromatic amines is 1. The largest absolute Gasteiger partial charge is 0.439 e. The summed E-state index contributed by atoms with van der Waals surface area (Å²) in [6.07, 6.45) is 1.37. The molecule has 1 aromatic carbocycles. The van der Waals surface area contributed by atoms with Crippen LogP contribution >= 0.6 is 0 Å². The topological polar surface area (TPSA) is 121 Å². The van der Waals surface area contributed by atoms with Crippen LogP contribution in [0.4, 0.5) is 24.9 Å². The average molecular weight is 600 g/mol. The number of fused-ring (bicyclic) bond motifs is 1. The normalized spacial score (nSPS) is 17.0. The fraction of sp³-hybridized carbons (Fsp3) is 0.552. The number of benzene rings is 1. The third-order valence-electron chi connectivity index (χ3n) is 8.63. The number of likely N-dealkylation sites (tertiary alicyclic amines) is 1. The first-order valence-corrected chi connectivity index (χ1v) is 14.9. The van der Waals surface area contributed by atoms with E-state index in [0.29, 0.717) is 41.0 Å². The maximum absolute atomic E-state index is 13.3. The van der Waals surface area contributed by atoms with E-state index in [1.807, 2.05) is 4.57 Å². The van der Waals surface area contributed by atoms with E-state index in [4.69, 9.17) is 14.5 Å². The highest BCUT2D eigenvalue weighted by Gasteiger charge is 2.31. The van der Waals surface area contributed by atoms with Crippen LogP contribution in [-0.4, -0.2) is 73.3 Å². The Labute approximate surface area is 246 Å². The Hall–Kier alpha value is -3.94. The number of rotatable bonds is 11. The van der Waals surface area contributed by atoms with Crippen molar-refractivity contribution in [3.05, 3.63) is 45.9 Å². The van der Waals surface area contributed by atoms with Gasteiger partial charge in [0, 0.05) is 25.7 Å². The maximum Gasteiger partial charge on any atom is 0.439 e. The van der Waals surface area contributed by atoms with Crippen LogP contribution in [0.25, 0.3) is 22.8 Å². The summed E-state index contributed by atoms with van der Waals surface area (Å²) in [5.74, 6) is 1.18. The first-order valence-electron chi connectivity index (χ1n) is 14.9. The molecule has 1 saturated carbocycles. The number of hydrogen-bond acceptors (Lipinski definition) is 9. The Balaban J connectivity index is 1.46. The van der Waals surface area contributed by atoms with Gasteiger partial charge in [-0.05, 0) is 76.2 Å². The lowest BCUT2D eigenvalue weighted by Crippen LogP contribution is -2.35. The van der Waals surface area contributed by atoms with Crippen molar-refractivity contribution in [2.24, 2.45) is 5.92 Å². The van der Waals surface area contributed by atoms with E-state index >= 15 is 0 Å². The number of hydrogen-bond donors (Lipinski definition) is 2. The molecule has 3 aromatic heterocycles. The van der Waals surface area contributed by atoms with Crippen molar-refractivity contribution in [1.29, 1.82) is 0 Å². The molecule has 1 saturated heterocycles. The predicted octanol–water partition coefficient (Wildman–Crippen LogP) is 4.76. The van der Waals surface area contributed by atoms with E-state index in [1.165, 1.54) is 31.4 Å². The van der Waals surface area contributed by atoms with Crippen molar-refractivity contribution >= 4 is 22.9 Å². The van der Waals surface area contributed by atoms with Crippen molar-refractivity contribution in [2.75, 3.05) is 42.9 Å². The molecule has 1 aliphatic carbocycles. The Bertz CT molecular complexity index is 1600. The number of nitrogens with one attached hydrogen (secondary N) is 2. The molecular weight excluding hydrogens is 563 g/mol. The molecule has 2 N–H and O–H groups in total. The van der Waals surface area contributed by atoms with Gasteiger partial charge >= 0.3 is 11.9 Å². The lowest BCUT2D eigenvalue weighted by molar-refractivity contribution is -0.137. The minimum atomic E-state index is -4.42. The summed E-state index contributed by atoms with van der Waals surface area (Å²) in [6.45, 7) is 8.84. The third-order valence-corrected chi connectivity index (χ3v) is 8.63. The number of imidazole rings is 1. The molecule has 2 aliphatic rings. The zero-order chi connectivity index (χ0) is 30.1. The van der Waals surface area contributed by atoms with Crippen LogP contribution in [0.5, 0.6) is 0 Å². The Kier molecular flexibility index (Phi) is 8.12. The molecular formula is C29H36F3N9O2. The number of alkyl halides is 3. The standard InChI is InChI=1S/C29H36F3N9O2/c1-3-40(16-15-39-13-4-5-14-39)27-36-24-22(41(27)17-19-9-11-21(12-10-19)29(30,31)32)23(33-18(2)20-7-6-8-20)34-25(35-24)26-37-28(42)43-38-26/h9-12,18,20H,3-8,13-17H2,1-2H3,(H,33,34,35)(H,37,38,42). The SMILES string of the molecule is CCN(CCN1CCCC1)c1nc2nc(-c3noc(=O)[nH]3)nc(NC(C)C3CCC3)c2n1Cc1ccc(C(F)(F)F)cc1. The van der Waals surface area contributed by atoms with Crippen LogP contribution in [0.1, 0.15) is 57.1 Å². The summed E-state index contributed by atoms with van der Waals surface area (Å²) in [5, 5.41) is 7.36. The Morgan fingerprint density at radius 1 is 1.12 bits per heavy atom. The lowest BCUT2D eigenvalue weighted by Gasteiger charge is -2.32. The van der Waals surface area contributed by atoms with E-state index in [1.54, 1.807) is 0 Å². The number of aromatic nitrogens is 6. The van der Waals surface area contributed by atoms with Gasteiger partial charge in [0.15, 0.2) is 11.5 Å². The van der Waals surface area contributed by atoms with Crippen molar-refractivity contribution in [1.82, 2.24) is 34.6 Å². The van der Waals surface area contributed by atoms with Crippen LogP contribution in [-0.2, 0) is 12.7 Å². The molecule has 4 aromatic rings. The molecule has 1 aliphatic heterocycles. The molecule has 2 fully saturated rings. The smallest absolute Gasteiger partial charge is 0.365 e. The second-order valence-corrected chi connectivity index (χ2v) is 11.5. The summed E-state index contributed by atoms with van der Waals surface area (Å²) in [5.41, 5.74) is 1.01. The van der Waals surface area contributed by atoms with Gasteiger partial charge in [-0.3, -0.25) is 9.51 Å². The van der Waals surface area contributed by atoms with Gasteiger partial charge in [-0.2, -0.15) is 18.2 Å². The minimum absolute atomic E-state index is 0.0893. The highest BCUT2D eigenvalue weighted by molar-refractivity contribution is 5.87. The zero-order valence-corrected chi connectivity index (χ0v) is 24.3. The van der Waals surface area contributed by atoms with Crippen LogP contribution in [0.2, 0.25) is 0 Å². The van der Waals surface area contributed by atoms with Crippen LogP contribution in [0.15, 0.2) is 33.6 Å². The monoisotopic (exact) mass is 599 g/mol. The Morgan fingerprint density at radius 3 is 2.47 bits per heavy atom. The van der Waals surface area contributed by atoms with Crippen LogP contribution in [0, 0.1) is 5.92 Å². The highest BCUT2D eigenvalue weighted by Crippen LogP contribution is 2.35. The number of nitrogens with zero attached hydrogens (tertiary/aromatic N) is 7. The van der Waals surface area contributed by atoms with Gasteiger partial charge in [-0.25, -0.2) is 14.8 Å². The third kappa shape index (κ3) is 6.24. The molecule has 1 unspecified atom stereocenters. The van der Waals surface area contributed by atoms with Gasteiger partial charge in [-0.15, -0.1) is 0 Å². The fourth-order valence-corrected chi connectivity index (χ4v) is 5.87. The van der Waals surface area contributed by atoms with Gasteiger partial charge < -0.3 is 19.7 Å². The van der Waals surface area contributed by atoms with Crippen molar-refractivity contribution in [2.45, 2.75) is 64.7 Å². The van der Waals surface area contributed by atoms with Crippen LogP contribution < -0.4 is 16.0 Å². The highest BCUT2D eigenvalue weighted by atomic mass is 19.4. The van der Waals surface area contributed by atoms with E-state index in [0.717, 1.165) is 51.2 Å². The maximum atomic E-state index is 13.3. The number of anilines is 2. The van der Waals surface area contributed by atoms with Gasteiger partial charge in [0.25, 0.3) is 0 Å². The van der Waals surface area contributed by atoms with E-state index in [2.05, 4.69) is 44.1 Å². The Morgan fingerprint density at radius 2 is 1.86 bits per heavy atom. The number of H-pyrrole nitrogens is 1. The quantitative estimate of drug-likeness (QED) is 0.251. The molecule has 0 spiro atoms. The first kappa shape index (κ1) is 29.1. The molecule has 11 nitrogen and oxygen atoms in total. The number of likely N-dealkylation sites (N-methyl/N-ethyl adjacent to an activating group) is 1. The summed E-state index contributed by atoms with van der Waals surface area (Å²) in [7, 11) is 0. The molecule has 0 amide bonds. The van der Waals surface area contributed by atoms with E-state index in [9.17, 15) is 18.0 Å². The fourth-order valence-electron chi connectivity index (χ4n) is 5.87.